The number of nitrogens with zero attached hydrogens (tertiary/aromatic N) is 1. The van der Waals surface area contributed by atoms with Gasteiger partial charge in [-0.05, 0) is 12.8 Å². The fourth-order valence-electron chi connectivity index (χ4n) is 1.84. The zero-order valence-electron chi connectivity index (χ0n) is 6.83. The summed E-state index contributed by atoms with van der Waals surface area (Å²) >= 11 is 0. The van der Waals surface area contributed by atoms with Crippen molar-refractivity contribution in [2.75, 3.05) is 26.2 Å². The van der Waals surface area contributed by atoms with Crippen LogP contribution in [0, 0.1) is 0 Å². The monoisotopic (exact) mass is 156 g/mol. The normalized spacial score (nSPS) is 34.1. The molecular formula is C8H16N2O. The number of hydrogen-bond donors (Lipinski definition) is 1. The largest absolute Gasteiger partial charge is 0.377 e. The number of nitrogens with two attached hydrogens (primary N) is 1. The molecule has 64 valence electrons. The average Bonchev–Trinajstić information content (AvgIpc) is 2.36. The first-order chi connectivity index (χ1) is 5.34. The highest BCUT2D eigenvalue weighted by Crippen LogP contribution is 2.15. The second kappa shape index (κ2) is 3.09. The Morgan fingerprint density at radius 3 is 2.82 bits per heavy atom. The average molecular weight is 156 g/mol. The van der Waals surface area contributed by atoms with Gasteiger partial charge in [0.25, 0.3) is 0 Å². The Labute approximate surface area is 67.5 Å². The third-order valence-corrected chi connectivity index (χ3v) is 2.47. The van der Waals surface area contributed by atoms with Gasteiger partial charge >= 0.3 is 0 Å². The van der Waals surface area contributed by atoms with E-state index in [1.807, 2.05) is 0 Å². The van der Waals surface area contributed by atoms with Gasteiger partial charge in [-0.3, -0.25) is 4.90 Å². The van der Waals surface area contributed by atoms with E-state index in [0.717, 1.165) is 26.2 Å². The first kappa shape index (κ1) is 7.53. The number of hydrogen-bond acceptors (Lipinski definition) is 3. The molecule has 2 saturated heterocycles. The van der Waals surface area contributed by atoms with Crippen LogP contribution < -0.4 is 5.73 Å². The van der Waals surface area contributed by atoms with Gasteiger partial charge in [-0.2, -0.15) is 0 Å². The molecule has 0 bridgehead atoms. The fourth-order valence-corrected chi connectivity index (χ4v) is 1.84. The Bertz CT molecular complexity index is 128. The number of ether oxygens (including phenoxy) is 1. The second-order valence-corrected chi connectivity index (χ2v) is 3.61. The van der Waals surface area contributed by atoms with Gasteiger partial charge in [0.15, 0.2) is 0 Å². The summed E-state index contributed by atoms with van der Waals surface area (Å²) in [5, 5.41) is 0. The maximum Gasteiger partial charge on any atom is 0.0702 e. The van der Waals surface area contributed by atoms with Crippen LogP contribution >= 0.6 is 0 Å². The summed E-state index contributed by atoms with van der Waals surface area (Å²) in [7, 11) is 0. The highest BCUT2D eigenvalue weighted by molar-refractivity contribution is 4.84. The van der Waals surface area contributed by atoms with E-state index >= 15 is 0 Å². The maximum atomic E-state index is 5.66. The second-order valence-electron chi connectivity index (χ2n) is 3.61. The van der Waals surface area contributed by atoms with Crippen LogP contribution in [0.3, 0.4) is 0 Å². The van der Waals surface area contributed by atoms with Crippen molar-refractivity contribution in [2.24, 2.45) is 5.73 Å². The van der Waals surface area contributed by atoms with Crippen LogP contribution in [-0.2, 0) is 4.74 Å². The zero-order valence-corrected chi connectivity index (χ0v) is 6.83. The highest BCUT2D eigenvalue weighted by Gasteiger charge is 2.27. The van der Waals surface area contributed by atoms with Crippen molar-refractivity contribution in [3.63, 3.8) is 0 Å². The van der Waals surface area contributed by atoms with Crippen LogP contribution in [0.1, 0.15) is 12.8 Å². The molecule has 3 nitrogen and oxygen atoms in total. The predicted octanol–water partition coefficient (Wildman–Crippen LogP) is -0.192. The molecule has 0 aromatic heterocycles. The van der Waals surface area contributed by atoms with E-state index in [1.165, 1.54) is 12.8 Å². The molecule has 11 heavy (non-hydrogen) atoms. The lowest BCUT2D eigenvalue weighted by Crippen LogP contribution is -2.57. The van der Waals surface area contributed by atoms with Crippen molar-refractivity contribution in [3.05, 3.63) is 0 Å². The minimum atomic E-state index is 0.427. The molecule has 0 spiro atoms. The summed E-state index contributed by atoms with van der Waals surface area (Å²) in [6.07, 6.45) is 2.98. The lowest BCUT2D eigenvalue weighted by atomic mass is 10.1. The molecule has 2 heterocycles. The van der Waals surface area contributed by atoms with Gasteiger partial charge in [-0.15, -0.1) is 0 Å². The molecule has 0 aromatic carbocycles. The molecule has 2 aliphatic rings. The summed E-state index contributed by atoms with van der Waals surface area (Å²) < 4.78 is 5.51. The van der Waals surface area contributed by atoms with Gasteiger partial charge in [0.1, 0.15) is 0 Å². The van der Waals surface area contributed by atoms with Gasteiger partial charge in [0.05, 0.1) is 6.10 Å². The van der Waals surface area contributed by atoms with Crippen molar-refractivity contribution in [2.45, 2.75) is 25.0 Å². The summed E-state index contributed by atoms with van der Waals surface area (Å²) in [6, 6.07) is 0.427. The van der Waals surface area contributed by atoms with Crippen LogP contribution in [0.2, 0.25) is 0 Å². The summed E-state index contributed by atoms with van der Waals surface area (Å²) in [6.45, 7) is 4.21. The van der Waals surface area contributed by atoms with E-state index in [9.17, 15) is 0 Å². The van der Waals surface area contributed by atoms with Crippen LogP contribution in [-0.4, -0.2) is 43.3 Å². The molecule has 0 unspecified atom stereocenters. The van der Waals surface area contributed by atoms with Crippen LogP contribution in [0.5, 0.6) is 0 Å². The molecule has 2 N–H and O–H groups in total. The fraction of sp³-hybridized carbons (Fsp3) is 1.00. The van der Waals surface area contributed by atoms with E-state index in [4.69, 9.17) is 10.5 Å². The van der Waals surface area contributed by atoms with E-state index < -0.39 is 0 Å². The predicted molar refractivity (Wildman–Crippen MR) is 43.4 cm³/mol. The van der Waals surface area contributed by atoms with E-state index in [0.29, 0.717) is 12.1 Å². The molecule has 0 aromatic rings. The minimum Gasteiger partial charge on any atom is -0.377 e. The van der Waals surface area contributed by atoms with Crippen molar-refractivity contribution < 1.29 is 4.74 Å². The van der Waals surface area contributed by atoms with Crippen LogP contribution in [0.25, 0.3) is 0 Å². The zero-order chi connectivity index (χ0) is 7.68. The smallest absolute Gasteiger partial charge is 0.0702 e. The van der Waals surface area contributed by atoms with Gasteiger partial charge in [-0.25, -0.2) is 0 Å². The molecule has 0 aliphatic carbocycles. The van der Waals surface area contributed by atoms with Gasteiger partial charge in [-0.1, -0.05) is 0 Å². The Morgan fingerprint density at radius 2 is 2.27 bits per heavy atom. The van der Waals surface area contributed by atoms with Gasteiger partial charge in [0, 0.05) is 32.3 Å². The molecule has 3 heteroatoms. The maximum absolute atomic E-state index is 5.66. The van der Waals surface area contributed by atoms with Crippen LogP contribution in [0.4, 0.5) is 0 Å². The van der Waals surface area contributed by atoms with Gasteiger partial charge in [0.2, 0.25) is 0 Å². The SMILES string of the molecule is NC1CN(C[C@@H]2CCCO2)C1. The number of rotatable bonds is 2. The number of likely N-dealkylation sites (tertiary alicyclic amines) is 1. The molecule has 0 saturated carbocycles. The lowest BCUT2D eigenvalue weighted by molar-refractivity contribution is 0.0434. The van der Waals surface area contributed by atoms with E-state index in [-0.39, 0.29) is 0 Å². The highest BCUT2D eigenvalue weighted by atomic mass is 16.5. The molecule has 2 rings (SSSR count). The topological polar surface area (TPSA) is 38.5 Å². The quantitative estimate of drug-likeness (QED) is 0.602. The van der Waals surface area contributed by atoms with Crippen molar-refractivity contribution in [1.29, 1.82) is 0 Å². The standard InChI is InChI=1S/C8H16N2O/c9-7-4-10(5-7)6-8-2-1-3-11-8/h7-8H,1-6,9H2/t8-/m0/s1. The third-order valence-electron chi connectivity index (χ3n) is 2.47. The summed E-state index contributed by atoms with van der Waals surface area (Å²) in [5.74, 6) is 0. The Hall–Kier alpha value is -0.120. The first-order valence-electron chi connectivity index (χ1n) is 4.44. The third kappa shape index (κ3) is 1.72. The molecule has 2 aliphatic heterocycles. The minimum absolute atomic E-state index is 0.427. The first-order valence-corrected chi connectivity index (χ1v) is 4.44. The summed E-state index contributed by atoms with van der Waals surface area (Å²) in [4.78, 5) is 2.38. The van der Waals surface area contributed by atoms with Crippen molar-refractivity contribution in [3.8, 4) is 0 Å². The Morgan fingerprint density at radius 1 is 1.45 bits per heavy atom. The lowest BCUT2D eigenvalue weighted by Gasteiger charge is -2.38. The molecule has 1 atom stereocenters. The van der Waals surface area contributed by atoms with E-state index in [1.54, 1.807) is 0 Å². The Balaban J connectivity index is 1.66. The van der Waals surface area contributed by atoms with Crippen molar-refractivity contribution in [1.82, 2.24) is 4.90 Å². The van der Waals surface area contributed by atoms with E-state index in [2.05, 4.69) is 4.90 Å². The van der Waals surface area contributed by atoms with Crippen molar-refractivity contribution >= 4 is 0 Å². The van der Waals surface area contributed by atoms with Crippen LogP contribution in [0.15, 0.2) is 0 Å². The molecule has 2 fully saturated rings. The molecular weight excluding hydrogens is 140 g/mol. The molecule has 0 amide bonds. The summed E-state index contributed by atoms with van der Waals surface area (Å²) in [5.41, 5.74) is 5.66. The Kier molecular flexibility index (Phi) is 2.11. The molecule has 0 radical (unpaired) electrons. The van der Waals surface area contributed by atoms with Gasteiger partial charge < -0.3 is 10.5 Å².